The average Bonchev–Trinajstić information content (AvgIpc) is 3.32. The van der Waals surface area contributed by atoms with Crippen LogP contribution in [-0.4, -0.2) is 27.4 Å². The van der Waals surface area contributed by atoms with Gasteiger partial charge >= 0.3 is 0 Å². The van der Waals surface area contributed by atoms with Crippen LogP contribution < -0.4 is 0 Å². The highest BCUT2D eigenvalue weighted by molar-refractivity contribution is 7.23. The summed E-state index contributed by atoms with van der Waals surface area (Å²) in [6.45, 7) is 5.53. The highest BCUT2D eigenvalue weighted by atomic mass is 32.1. The summed E-state index contributed by atoms with van der Waals surface area (Å²) in [6, 6.07) is 17.3. The van der Waals surface area contributed by atoms with Crippen LogP contribution in [0.5, 0.6) is 0 Å². The molecule has 0 unspecified atom stereocenters. The Morgan fingerprint density at radius 1 is 1.04 bits per heavy atom. The quantitative estimate of drug-likeness (QED) is 0.513. The molecule has 0 aliphatic carbocycles. The number of rotatable bonds is 3. The molecule has 1 aliphatic rings. The molecule has 0 bridgehead atoms. The van der Waals surface area contributed by atoms with Crippen LogP contribution in [0.15, 0.2) is 48.5 Å². The molecule has 0 atom stereocenters. The first-order valence-electron chi connectivity index (χ1n) is 8.98. The Morgan fingerprint density at radius 2 is 1.84 bits per heavy atom. The monoisotopic (exact) mass is 347 g/mol. The van der Waals surface area contributed by atoms with Crippen molar-refractivity contribution in [2.75, 3.05) is 13.1 Å². The van der Waals surface area contributed by atoms with E-state index in [4.69, 9.17) is 4.98 Å². The van der Waals surface area contributed by atoms with Crippen LogP contribution in [0.3, 0.4) is 0 Å². The molecule has 4 heteroatoms. The Balaban J connectivity index is 1.75. The minimum Gasteiger partial charge on any atom is -0.297 e. The van der Waals surface area contributed by atoms with Crippen LogP contribution in [0.1, 0.15) is 24.1 Å². The zero-order valence-electron chi connectivity index (χ0n) is 14.4. The first kappa shape index (κ1) is 15.1. The van der Waals surface area contributed by atoms with Gasteiger partial charge in [0.1, 0.15) is 0 Å². The van der Waals surface area contributed by atoms with E-state index in [1.54, 1.807) is 11.3 Å². The normalized spacial score (nSPS) is 15.6. The Kier molecular flexibility index (Phi) is 3.61. The summed E-state index contributed by atoms with van der Waals surface area (Å²) in [6.07, 6.45) is 2.62. The average molecular weight is 347 g/mol. The van der Waals surface area contributed by atoms with Crippen molar-refractivity contribution in [2.24, 2.45) is 0 Å². The molecule has 1 fully saturated rings. The molecule has 0 saturated carbocycles. The summed E-state index contributed by atoms with van der Waals surface area (Å²) in [5, 5.41) is 0. The molecule has 2 aromatic carbocycles. The van der Waals surface area contributed by atoms with Gasteiger partial charge in [0.25, 0.3) is 0 Å². The maximum atomic E-state index is 5.05. The van der Waals surface area contributed by atoms with E-state index in [0.717, 1.165) is 17.2 Å². The van der Waals surface area contributed by atoms with E-state index < -0.39 is 0 Å². The molecule has 0 amide bonds. The number of aromatic nitrogens is 2. The third-order valence-electron chi connectivity index (χ3n) is 5.12. The predicted octanol–water partition coefficient (Wildman–Crippen LogP) is 5.12. The lowest BCUT2D eigenvalue weighted by atomic mass is 10.1. The van der Waals surface area contributed by atoms with Gasteiger partial charge in [0.05, 0.1) is 21.6 Å². The molecule has 5 rings (SSSR count). The van der Waals surface area contributed by atoms with Crippen LogP contribution in [0.4, 0.5) is 0 Å². The first-order chi connectivity index (χ1) is 12.3. The van der Waals surface area contributed by atoms with Gasteiger partial charge in [0, 0.05) is 12.1 Å². The molecule has 0 radical (unpaired) electrons. The van der Waals surface area contributed by atoms with Crippen molar-refractivity contribution in [2.45, 2.75) is 26.3 Å². The summed E-state index contributed by atoms with van der Waals surface area (Å²) in [5.41, 5.74) is 6.28. The van der Waals surface area contributed by atoms with Gasteiger partial charge < -0.3 is 0 Å². The van der Waals surface area contributed by atoms with E-state index in [1.807, 2.05) is 0 Å². The molecule has 3 heterocycles. The lowest BCUT2D eigenvalue weighted by Gasteiger charge is -2.15. The maximum absolute atomic E-state index is 5.05. The van der Waals surface area contributed by atoms with Gasteiger partial charge in [-0.3, -0.25) is 9.30 Å². The van der Waals surface area contributed by atoms with E-state index in [-0.39, 0.29) is 0 Å². The topological polar surface area (TPSA) is 20.5 Å². The van der Waals surface area contributed by atoms with Crippen LogP contribution in [0, 0.1) is 6.92 Å². The Labute approximate surface area is 151 Å². The molecular formula is C21H21N3S. The predicted molar refractivity (Wildman–Crippen MR) is 105 cm³/mol. The van der Waals surface area contributed by atoms with Crippen molar-refractivity contribution in [1.29, 1.82) is 0 Å². The van der Waals surface area contributed by atoms with Crippen molar-refractivity contribution in [3.05, 3.63) is 59.8 Å². The van der Waals surface area contributed by atoms with Crippen molar-refractivity contribution < 1.29 is 0 Å². The molecular weight excluding hydrogens is 326 g/mol. The molecule has 2 aromatic heterocycles. The summed E-state index contributed by atoms with van der Waals surface area (Å²) >= 11 is 1.80. The summed E-state index contributed by atoms with van der Waals surface area (Å²) in [5.74, 6) is 0. The summed E-state index contributed by atoms with van der Waals surface area (Å²) in [7, 11) is 0. The molecule has 1 saturated heterocycles. The van der Waals surface area contributed by atoms with Gasteiger partial charge in [-0.15, -0.1) is 0 Å². The number of nitrogens with zero attached hydrogens (tertiary/aromatic N) is 3. The molecule has 1 aliphatic heterocycles. The van der Waals surface area contributed by atoms with Gasteiger partial charge in [-0.05, 0) is 50.6 Å². The Bertz CT molecular complexity index is 1040. The van der Waals surface area contributed by atoms with Crippen LogP contribution >= 0.6 is 11.3 Å². The number of thiazole rings is 1. The van der Waals surface area contributed by atoms with Crippen LogP contribution in [-0.2, 0) is 6.54 Å². The zero-order chi connectivity index (χ0) is 16.8. The third-order valence-corrected chi connectivity index (χ3v) is 6.12. The van der Waals surface area contributed by atoms with Gasteiger partial charge in [-0.1, -0.05) is 47.7 Å². The fourth-order valence-corrected chi connectivity index (χ4v) is 5.00. The molecule has 0 N–H and O–H groups in total. The zero-order valence-corrected chi connectivity index (χ0v) is 15.2. The second kappa shape index (κ2) is 5.97. The van der Waals surface area contributed by atoms with E-state index in [1.165, 1.54) is 53.0 Å². The highest BCUT2D eigenvalue weighted by Gasteiger charge is 2.21. The maximum Gasteiger partial charge on any atom is 0.195 e. The van der Waals surface area contributed by atoms with Crippen LogP contribution in [0.25, 0.3) is 26.4 Å². The molecule has 0 spiro atoms. The van der Waals surface area contributed by atoms with E-state index in [9.17, 15) is 0 Å². The largest absolute Gasteiger partial charge is 0.297 e. The number of hydrogen-bond donors (Lipinski definition) is 0. The fourth-order valence-electron chi connectivity index (χ4n) is 3.86. The first-order valence-corrected chi connectivity index (χ1v) is 9.79. The number of imidazole rings is 1. The highest BCUT2D eigenvalue weighted by Crippen LogP contribution is 2.34. The number of hydrogen-bond acceptors (Lipinski definition) is 3. The Hall–Kier alpha value is -2.17. The minimum absolute atomic E-state index is 0.977. The minimum atomic E-state index is 0.977. The molecule has 4 aromatic rings. The lowest BCUT2D eigenvalue weighted by Crippen LogP contribution is -2.19. The third kappa shape index (κ3) is 2.57. The van der Waals surface area contributed by atoms with E-state index in [0.29, 0.717) is 0 Å². The van der Waals surface area contributed by atoms with Gasteiger partial charge in [-0.2, -0.15) is 0 Å². The number of benzene rings is 2. The molecule has 126 valence electrons. The Morgan fingerprint density at radius 3 is 2.64 bits per heavy atom. The summed E-state index contributed by atoms with van der Waals surface area (Å²) in [4.78, 5) is 8.71. The van der Waals surface area contributed by atoms with Crippen molar-refractivity contribution in [3.8, 4) is 11.3 Å². The lowest BCUT2D eigenvalue weighted by molar-refractivity contribution is 0.327. The fraction of sp³-hybridized carbons (Fsp3) is 0.286. The number of fused-ring (bicyclic) bond motifs is 3. The second-order valence-corrected chi connectivity index (χ2v) is 7.96. The molecule has 3 nitrogen and oxygen atoms in total. The second-order valence-electron chi connectivity index (χ2n) is 6.95. The van der Waals surface area contributed by atoms with Crippen LogP contribution in [0.2, 0.25) is 0 Å². The van der Waals surface area contributed by atoms with E-state index in [2.05, 4.69) is 64.8 Å². The van der Waals surface area contributed by atoms with Crippen molar-refractivity contribution in [1.82, 2.24) is 14.3 Å². The van der Waals surface area contributed by atoms with Gasteiger partial charge in [-0.25, -0.2) is 4.98 Å². The summed E-state index contributed by atoms with van der Waals surface area (Å²) < 4.78 is 3.71. The number of aryl methyl sites for hydroxylation is 1. The van der Waals surface area contributed by atoms with Crippen molar-refractivity contribution >= 4 is 26.5 Å². The smallest absolute Gasteiger partial charge is 0.195 e. The number of likely N-dealkylation sites (tertiary alicyclic amines) is 1. The SMILES string of the molecule is Cc1ccc2c(c1)sc1nc(-c3ccccc3)c(CN3CCCC3)n12. The standard InChI is InChI=1S/C21H21N3S/c1-15-9-10-17-19(13-15)25-21-22-20(16-7-3-2-4-8-16)18(24(17)21)14-23-11-5-6-12-23/h2-4,7-10,13H,5-6,11-12,14H2,1H3. The van der Waals surface area contributed by atoms with E-state index >= 15 is 0 Å². The van der Waals surface area contributed by atoms with Crippen molar-refractivity contribution in [3.63, 3.8) is 0 Å². The molecule has 25 heavy (non-hydrogen) atoms. The van der Waals surface area contributed by atoms with Gasteiger partial charge in [0.15, 0.2) is 4.96 Å². The van der Waals surface area contributed by atoms with Gasteiger partial charge in [0.2, 0.25) is 0 Å².